The third-order valence-corrected chi connectivity index (χ3v) is 4.50. The van der Waals surface area contributed by atoms with E-state index in [1.165, 1.54) is 15.6 Å². The lowest BCUT2D eigenvalue weighted by Crippen LogP contribution is -2.33. The van der Waals surface area contributed by atoms with Crippen LogP contribution in [0.25, 0.3) is 10.1 Å². The Labute approximate surface area is 113 Å². The van der Waals surface area contributed by atoms with Gasteiger partial charge in [0.15, 0.2) is 0 Å². The first-order chi connectivity index (χ1) is 8.74. The first kappa shape index (κ1) is 13.5. The molecule has 2 aromatic rings. The number of ether oxygens (including phenoxy) is 1. The molecule has 18 heavy (non-hydrogen) atoms. The molecule has 3 heteroatoms. The molecule has 0 aliphatic rings. The summed E-state index contributed by atoms with van der Waals surface area (Å²) in [5, 5.41) is 7.04. The Morgan fingerprint density at radius 1 is 1.28 bits per heavy atom. The molecule has 98 valence electrons. The first-order valence-electron chi connectivity index (χ1n) is 6.42. The van der Waals surface area contributed by atoms with Gasteiger partial charge in [-0.3, -0.25) is 0 Å². The second kappa shape index (κ2) is 6.32. The standard InChI is InChI=1S/C15H21NOS/c1-11(12(2)16-8-9-17-3)14-6-4-5-13-7-10-18-15(13)14/h4-7,10-12,16H,8-9H2,1-3H3. The van der Waals surface area contributed by atoms with E-state index >= 15 is 0 Å². The monoisotopic (exact) mass is 263 g/mol. The SMILES string of the molecule is COCCNC(C)C(C)c1cccc2ccsc12. The Kier molecular flexibility index (Phi) is 4.75. The van der Waals surface area contributed by atoms with E-state index in [2.05, 4.69) is 48.8 Å². The van der Waals surface area contributed by atoms with Crippen LogP contribution in [0.2, 0.25) is 0 Å². The maximum atomic E-state index is 5.08. The molecule has 0 aliphatic carbocycles. The molecule has 1 heterocycles. The lowest BCUT2D eigenvalue weighted by molar-refractivity contribution is 0.195. The predicted octanol–water partition coefficient (Wildman–Crippen LogP) is 3.63. The summed E-state index contributed by atoms with van der Waals surface area (Å²) >= 11 is 1.84. The van der Waals surface area contributed by atoms with E-state index < -0.39 is 0 Å². The topological polar surface area (TPSA) is 21.3 Å². The molecule has 2 nitrogen and oxygen atoms in total. The zero-order valence-corrected chi connectivity index (χ0v) is 12.1. The average molecular weight is 263 g/mol. The van der Waals surface area contributed by atoms with Gasteiger partial charge in [-0.15, -0.1) is 11.3 Å². The van der Waals surface area contributed by atoms with Gasteiger partial charge in [0.2, 0.25) is 0 Å². The largest absolute Gasteiger partial charge is 0.383 e. The number of nitrogens with one attached hydrogen (secondary N) is 1. The van der Waals surface area contributed by atoms with Gasteiger partial charge in [-0.25, -0.2) is 0 Å². The molecule has 0 fully saturated rings. The molecule has 1 aromatic carbocycles. The number of fused-ring (bicyclic) bond motifs is 1. The third-order valence-electron chi connectivity index (χ3n) is 3.52. The summed E-state index contributed by atoms with van der Waals surface area (Å²) < 4.78 is 6.50. The number of thiophene rings is 1. The number of benzene rings is 1. The maximum Gasteiger partial charge on any atom is 0.0587 e. The molecule has 2 rings (SSSR count). The van der Waals surface area contributed by atoms with Gasteiger partial charge in [0.05, 0.1) is 6.61 Å². The minimum atomic E-state index is 0.452. The highest BCUT2D eigenvalue weighted by molar-refractivity contribution is 7.17. The van der Waals surface area contributed by atoms with Crippen molar-refractivity contribution in [1.82, 2.24) is 5.32 Å². The summed E-state index contributed by atoms with van der Waals surface area (Å²) in [5.41, 5.74) is 1.44. The summed E-state index contributed by atoms with van der Waals surface area (Å²) in [6, 6.07) is 9.23. The van der Waals surface area contributed by atoms with Crippen molar-refractivity contribution in [2.45, 2.75) is 25.8 Å². The molecule has 0 saturated carbocycles. The lowest BCUT2D eigenvalue weighted by atomic mass is 9.93. The van der Waals surface area contributed by atoms with E-state index in [0.717, 1.165) is 13.2 Å². The summed E-state index contributed by atoms with van der Waals surface area (Å²) in [7, 11) is 1.74. The van der Waals surface area contributed by atoms with Gasteiger partial charge in [-0.2, -0.15) is 0 Å². The summed E-state index contributed by atoms with van der Waals surface area (Å²) in [6.45, 7) is 6.20. The summed E-state index contributed by atoms with van der Waals surface area (Å²) in [4.78, 5) is 0. The second-order valence-electron chi connectivity index (χ2n) is 4.71. The summed E-state index contributed by atoms with van der Waals surface area (Å²) in [5.74, 6) is 0.504. The quantitative estimate of drug-likeness (QED) is 0.804. The van der Waals surface area contributed by atoms with Crippen LogP contribution in [0.15, 0.2) is 29.6 Å². The van der Waals surface area contributed by atoms with E-state index in [1.807, 2.05) is 11.3 Å². The molecular weight excluding hydrogens is 242 g/mol. The van der Waals surface area contributed by atoms with Gasteiger partial charge in [-0.05, 0) is 35.2 Å². The lowest BCUT2D eigenvalue weighted by Gasteiger charge is -2.22. The van der Waals surface area contributed by atoms with Crippen LogP contribution in [0.4, 0.5) is 0 Å². The second-order valence-corrected chi connectivity index (χ2v) is 5.63. The van der Waals surface area contributed by atoms with Gasteiger partial charge in [-0.1, -0.05) is 25.1 Å². The van der Waals surface area contributed by atoms with Crippen LogP contribution >= 0.6 is 11.3 Å². The van der Waals surface area contributed by atoms with Crippen molar-refractivity contribution in [3.05, 3.63) is 35.2 Å². The minimum Gasteiger partial charge on any atom is -0.383 e. The van der Waals surface area contributed by atoms with Crippen LogP contribution < -0.4 is 5.32 Å². The molecule has 0 radical (unpaired) electrons. The van der Waals surface area contributed by atoms with E-state index in [-0.39, 0.29) is 0 Å². The van der Waals surface area contributed by atoms with Crippen molar-refractivity contribution < 1.29 is 4.74 Å². The molecule has 0 amide bonds. The van der Waals surface area contributed by atoms with E-state index in [9.17, 15) is 0 Å². The zero-order chi connectivity index (χ0) is 13.0. The number of methoxy groups -OCH3 is 1. The fraction of sp³-hybridized carbons (Fsp3) is 0.467. The Morgan fingerprint density at radius 3 is 2.89 bits per heavy atom. The van der Waals surface area contributed by atoms with Gasteiger partial charge >= 0.3 is 0 Å². The predicted molar refractivity (Wildman–Crippen MR) is 79.6 cm³/mol. The molecular formula is C15H21NOS. The fourth-order valence-corrected chi connectivity index (χ4v) is 3.22. The maximum absolute atomic E-state index is 5.08. The van der Waals surface area contributed by atoms with Crippen molar-refractivity contribution in [3.8, 4) is 0 Å². The first-order valence-corrected chi connectivity index (χ1v) is 7.30. The Bertz CT molecular complexity index is 494. The smallest absolute Gasteiger partial charge is 0.0587 e. The highest BCUT2D eigenvalue weighted by Gasteiger charge is 2.16. The Morgan fingerprint density at radius 2 is 2.11 bits per heavy atom. The van der Waals surface area contributed by atoms with Gasteiger partial charge in [0.25, 0.3) is 0 Å². The third kappa shape index (κ3) is 2.91. The van der Waals surface area contributed by atoms with E-state index in [1.54, 1.807) is 7.11 Å². The average Bonchev–Trinajstić information content (AvgIpc) is 2.86. The molecule has 1 N–H and O–H groups in total. The normalized spacial score (nSPS) is 14.8. The molecule has 2 unspecified atom stereocenters. The number of rotatable bonds is 6. The molecule has 1 aromatic heterocycles. The Hall–Kier alpha value is -0.900. The van der Waals surface area contributed by atoms with Gasteiger partial charge in [0, 0.05) is 24.4 Å². The molecule has 0 saturated heterocycles. The highest BCUT2D eigenvalue weighted by Crippen LogP contribution is 2.31. The van der Waals surface area contributed by atoms with Crippen molar-refractivity contribution in [1.29, 1.82) is 0 Å². The van der Waals surface area contributed by atoms with Crippen LogP contribution in [-0.2, 0) is 4.74 Å². The van der Waals surface area contributed by atoms with Gasteiger partial charge in [0.1, 0.15) is 0 Å². The molecule has 0 spiro atoms. The molecule has 0 bridgehead atoms. The van der Waals surface area contributed by atoms with Gasteiger partial charge < -0.3 is 10.1 Å². The van der Waals surface area contributed by atoms with E-state index in [0.29, 0.717) is 12.0 Å². The van der Waals surface area contributed by atoms with Crippen LogP contribution in [0.5, 0.6) is 0 Å². The van der Waals surface area contributed by atoms with Crippen molar-refractivity contribution in [2.24, 2.45) is 0 Å². The molecule has 2 atom stereocenters. The van der Waals surface area contributed by atoms with Crippen LogP contribution in [0, 0.1) is 0 Å². The van der Waals surface area contributed by atoms with E-state index in [4.69, 9.17) is 4.74 Å². The van der Waals surface area contributed by atoms with Crippen molar-refractivity contribution in [2.75, 3.05) is 20.3 Å². The van der Waals surface area contributed by atoms with Crippen LogP contribution in [0.1, 0.15) is 25.3 Å². The minimum absolute atomic E-state index is 0.452. The van der Waals surface area contributed by atoms with Crippen molar-refractivity contribution >= 4 is 21.4 Å². The van der Waals surface area contributed by atoms with Crippen molar-refractivity contribution in [3.63, 3.8) is 0 Å². The zero-order valence-electron chi connectivity index (χ0n) is 11.3. The summed E-state index contributed by atoms with van der Waals surface area (Å²) in [6.07, 6.45) is 0. The van der Waals surface area contributed by atoms with Crippen LogP contribution in [-0.4, -0.2) is 26.3 Å². The van der Waals surface area contributed by atoms with Crippen LogP contribution in [0.3, 0.4) is 0 Å². The Balaban J connectivity index is 2.12. The number of hydrogen-bond donors (Lipinski definition) is 1. The molecule has 0 aliphatic heterocycles. The fourth-order valence-electron chi connectivity index (χ4n) is 2.21. The highest BCUT2D eigenvalue weighted by atomic mass is 32.1. The number of hydrogen-bond acceptors (Lipinski definition) is 3.